The highest BCUT2D eigenvalue weighted by molar-refractivity contribution is 5.85. The van der Waals surface area contributed by atoms with Crippen molar-refractivity contribution in [1.29, 1.82) is 0 Å². The Hall–Kier alpha value is -1.60. The largest absolute Gasteiger partial charge is 0.465 e. The molecule has 0 unspecified atom stereocenters. The minimum absolute atomic E-state index is 0.000832. The van der Waals surface area contributed by atoms with Gasteiger partial charge in [-0.2, -0.15) is 0 Å². The number of aliphatic hydroxyl groups excluding tert-OH is 1. The normalized spacial score (nSPS) is 48.9. The SMILES string of the molecule is CCN(C(=O)O)[C@H]1CC[C@@]2(C)[C@H](CC[C@@H]3[C@@H]2C[C@@H](O)[C@]2(C)[C@@H](C4=CC(=O)OC4)CC[C@]32O)C1. The van der Waals surface area contributed by atoms with Crippen LogP contribution in [0, 0.1) is 34.5 Å². The predicted octanol–water partition coefficient (Wildman–Crippen LogP) is 3.58. The van der Waals surface area contributed by atoms with Crippen LogP contribution in [-0.4, -0.2) is 63.2 Å². The van der Waals surface area contributed by atoms with Gasteiger partial charge in [0.2, 0.25) is 0 Å². The van der Waals surface area contributed by atoms with Gasteiger partial charge in [0.25, 0.3) is 0 Å². The number of hydrogen-bond acceptors (Lipinski definition) is 5. The Bertz CT molecular complexity index is 873. The second kappa shape index (κ2) is 7.70. The zero-order valence-electron chi connectivity index (χ0n) is 20.1. The van der Waals surface area contributed by atoms with Gasteiger partial charge in [0.1, 0.15) is 6.61 Å². The molecular formula is C26H39NO6. The summed E-state index contributed by atoms with van der Waals surface area (Å²) in [6.07, 6.45) is 6.72. The van der Waals surface area contributed by atoms with E-state index in [0.717, 1.165) is 44.1 Å². The number of carbonyl (C=O) groups excluding carboxylic acids is 1. The van der Waals surface area contributed by atoms with Crippen LogP contribution in [0.25, 0.3) is 0 Å². The average molecular weight is 462 g/mol. The van der Waals surface area contributed by atoms with Gasteiger partial charge in [0, 0.05) is 24.1 Å². The van der Waals surface area contributed by atoms with Crippen molar-refractivity contribution in [3.05, 3.63) is 11.6 Å². The maximum atomic E-state index is 12.3. The lowest BCUT2D eigenvalue weighted by molar-refractivity contribution is -0.243. The molecule has 3 N–H and O–H groups in total. The number of cyclic esters (lactones) is 1. The fourth-order valence-electron chi connectivity index (χ4n) is 9.20. The molecule has 5 aliphatic rings. The first kappa shape index (κ1) is 23.2. The van der Waals surface area contributed by atoms with E-state index in [2.05, 4.69) is 6.92 Å². The number of esters is 1. The maximum Gasteiger partial charge on any atom is 0.407 e. The van der Waals surface area contributed by atoms with E-state index in [-0.39, 0.29) is 41.8 Å². The van der Waals surface area contributed by atoms with Crippen LogP contribution in [0.4, 0.5) is 4.79 Å². The number of ether oxygens (including phenoxy) is 1. The lowest BCUT2D eigenvalue weighted by Crippen LogP contribution is -2.67. The fraction of sp³-hybridized carbons (Fsp3) is 0.846. The Labute approximate surface area is 196 Å². The van der Waals surface area contributed by atoms with E-state index in [0.29, 0.717) is 25.3 Å². The molecule has 1 aliphatic heterocycles. The van der Waals surface area contributed by atoms with Crippen LogP contribution in [0.15, 0.2) is 11.6 Å². The maximum absolute atomic E-state index is 12.3. The van der Waals surface area contributed by atoms with E-state index in [9.17, 15) is 24.9 Å². The second-order valence-corrected chi connectivity index (χ2v) is 11.9. The molecule has 9 atom stereocenters. The molecule has 184 valence electrons. The van der Waals surface area contributed by atoms with Crippen molar-refractivity contribution in [2.75, 3.05) is 13.2 Å². The molecule has 7 nitrogen and oxygen atoms in total. The Morgan fingerprint density at radius 1 is 1.15 bits per heavy atom. The van der Waals surface area contributed by atoms with Crippen molar-refractivity contribution in [2.45, 2.75) is 89.9 Å². The summed E-state index contributed by atoms with van der Waals surface area (Å²) < 4.78 is 5.18. The number of rotatable bonds is 3. The summed E-state index contributed by atoms with van der Waals surface area (Å²) in [5, 5.41) is 33.5. The highest BCUT2D eigenvalue weighted by Crippen LogP contribution is 2.70. The van der Waals surface area contributed by atoms with Crippen LogP contribution in [0.3, 0.4) is 0 Å². The summed E-state index contributed by atoms with van der Waals surface area (Å²) >= 11 is 0. The molecule has 4 saturated carbocycles. The van der Waals surface area contributed by atoms with E-state index < -0.39 is 23.2 Å². The number of amides is 1. The van der Waals surface area contributed by atoms with Crippen LogP contribution in [-0.2, 0) is 9.53 Å². The third-order valence-electron chi connectivity index (χ3n) is 11.1. The predicted molar refractivity (Wildman–Crippen MR) is 121 cm³/mol. The first-order valence-corrected chi connectivity index (χ1v) is 12.8. The van der Waals surface area contributed by atoms with Gasteiger partial charge in [-0.05, 0) is 93.0 Å². The van der Waals surface area contributed by atoms with E-state index in [1.165, 1.54) is 0 Å². The van der Waals surface area contributed by atoms with E-state index >= 15 is 0 Å². The molecule has 4 fully saturated rings. The highest BCUT2D eigenvalue weighted by Gasteiger charge is 2.70. The summed E-state index contributed by atoms with van der Waals surface area (Å²) in [5.41, 5.74) is -0.728. The van der Waals surface area contributed by atoms with E-state index in [1.807, 2.05) is 13.8 Å². The molecular weight excluding hydrogens is 422 g/mol. The number of nitrogens with zero attached hydrogens (tertiary/aromatic N) is 1. The summed E-state index contributed by atoms with van der Waals surface area (Å²) in [7, 11) is 0. The monoisotopic (exact) mass is 461 g/mol. The van der Waals surface area contributed by atoms with Crippen LogP contribution >= 0.6 is 0 Å². The molecule has 5 rings (SSSR count). The molecule has 7 heteroatoms. The molecule has 0 radical (unpaired) electrons. The van der Waals surface area contributed by atoms with Crippen molar-refractivity contribution >= 4 is 12.1 Å². The van der Waals surface area contributed by atoms with Crippen molar-refractivity contribution in [2.24, 2.45) is 34.5 Å². The average Bonchev–Trinajstić information content (AvgIpc) is 3.31. The van der Waals surface area contributed by atoms with Gasteiger partial charge in [-0.1, -0.05) is 13.8 Å². The molecule has 0 aromatic heterocycles. The summed E-state index contributed by atoms with van der Waals surface area (Å²) in [5.74, 6) is 0.389. The molecule has 0 saturated heterocycles. The summed E-state index contributed by atoms with van der Waals surface area (Å²) in [6.45, 7) is 7.05. The molecule has 0 spiro atoms. The smallest absolute Gasteiger partial charge is 0.407 e. The number of fused-ring (bicyclic) bond motifs is 5. The molecule has 33 heavy (non-hydrogen) atoms. The number of carbonyl (C=O) groups is 2. The number of aliphatic hydroxyl groups is 2. The molecule has 1 heterocycles. The Kier molecular flexibility index (Phi) is 5.41. The van der Waals surface area contributed by atoms with Crippen molar-refractivity contribution in [3.8, 4) is 0 Å². The van der Waals surface area contributed by atoms with Gasteiger partial charge in [-0.25, -0.2) is 9.59 Å². The Balaban J connectivity index is 1.43. The first-order valence-electron chi connectivity index (χ1n) is 12.8. The Morgan fingerprint density at radius 2 is 1.91 bits per heavy atom. The molecule has 0 bridgehead atoms. The number of hydrogen-bond donors (Lipinski definition) is 3. The van der Waals surface area contributed by atoms with Gasteiger partial charge in [-0.15, -0.1) is 0 Å². The van der Waals surface area contributed by atoms with Crippen LogP contribution < -0.4 is 0 Å². The van der Waals surface area contributed by atoms with Gasteiger partial charge < -0.3 is 25.0 Å². The minimum atomic E-state index is -0.964. The van der Waals surface area contributed by atoms with Gasteiger partial charge in [0.15, 0.2) is 0 Å². The third-order valence-corrected chi connectivity index (χ3v) is 11.1. The molecule has 0 aromatic rings. The van der Waals surface area contributed by atoms with E-state index in [4.69, 9.17) is 4.74 Å². The zero-order valence-corrected chi connectivity index (χ0v) is 20.1. The number of carboxylic acid groups (broad SMARTS) is 1. The zero-order chi connectivity index (χ0) is 23.8. The van der Waals surface area contributed by atoms with Gasteiger partial charge >= 0.3 is 12.1 Å². The lowest BCUT2D eigenvalue weighted by atomic mass is 9.42. The molecule has 1 amide bonds. The lowest BCUT2D eigenvalue weighted by Gasteiger charge is -2.65. The quantitative estimate of drug-likeness (QED) is 0.555. The van der Waals surface area contributed by atoms with Crippen molar-refractivity contribution in [1.82, 2.24) is 4.90 Å². The summed E-state index contributed by atoms with van der Waals surface area (Å²) in [4.78, 5) is 25.1. The van der Waals surface area contributed by atoms with Gasteiger partial charge in [0.05, 0.1) is 11.7 Å². The van der Waals surface area contributed by atoms with Crippen LogP contribution in [0.1, 0.15) is 72.1 Å². The summed E-state index contributed by atoms with van der Waals surface area (Å²) in [6, 6.07) is 0.0618. The fourth-order valence-corrected chi connectivity index (χ4v) is 9.20. The van der Waals surface area contributed by atoms with Crippen LogP contribution in [0.2, 0.25) is 0 Å². The van der Waals surface area contributed by atoms with Crippen LogP contribution in [0.5, 0.6) is 0 Å². The third kappa shape index (κ3) is 3.07. The van der Waals surface area contributed by atoms with E-state index in [1.54, 1.807) is 11.0 Å². The standard InChI is InChI=1S/C26H39NO6/c1-4-27(23(30)31)17-7-9-24(2)16(12-17)5-6-19-20(24)13-21(28)25(3)18(8-10-26(19,25)32)15-11-22(29)33-14-15/h11,16-21,28,32H,4-10,12-14H2,1-3H3,(H,30,31)/t16-,17+,18-,19-,20+,21-,24+,25+,26+/m1/s1. The first-order chi connectivity index (χ1) is 15.6. The topological polar surface area (TPSA) is 107 Å². The second-order valence-electron chi connectivity index (χ2n) is 11.9. The van der Waals surface area contributed by atoms with Crippen molar-refractivity contribution < 1.29 is 29.6 Å². The van der Waals surface area contributed by atoms with Crippen molar-refractivity contribution in [3.63, 3.8) is 0 Å². The molecule has 4 aliphatic carbocycles. The minimum Gasteiger partial charge on any atom is -0.465 e. The highest BCUT2D eigenvalue weighted by atomic mass is 16.5. The van der Waals surface area contributed by atoms with Gasteiger partial charge in [-0.3, -0.25) is 0 Å². The Morgan fingerprint density at radius 3 is 2.55 bits per heavy atom. The molecule has 0 aromatic carbocycles.